The molecule has 0 amide bonds. The third kappa shape index (κ3) is 3.18. The van der Waals surface area contributed by atoms with Gasteiger partial charge in [0.25, 0.3) is 0 Å². The maximum Gasteiger partial charge on any atom is 0.218 e. The van der Waals surface area contributed by atoms with E-state index in [0.29, 0.717) is 19.0 Å². The van der Waals surface area contributed by atoms with E-state index < -0.39 is 0 Å². The van der Waals surface area contributed by atoms with Gasteiger partial charge in [-0.15, -0.1) is 0 Å². The molecule has 0 spiro atoms. The standard InChI is InChI=1S/C12H20N2O2/c1-4-12(2,9-13)16-8-10-6-5-7-14-11(10)15-3/h5-7H,4,8-9,13H2,1-3H3. The molecule has 1 rings (SSSR count). The molecule has 4 heteroatoms. The minimum absolute atomic E-state index is 0.277. The van der Waals surface area contributed by atoms with Gasteiger partial charge >= 0.3 is 0 Å². The smallest absolute Gasteiger partial charge is 0.218 e. The number of rotatable bonds is 6. The number of hydrogen-bond donors (Lipinski definition) is 1. The molecule has 0 fully saturated rings. The molecule has 1 heterocycles. The highest BCUT2D eigenvalue weighted by molar-refractivity contribution is 5.24. The summed E-state index contributed by atoms with van der Waals surface area (Å²) in [6.45, 7) is 5.05. The molecule has 16 heavy (non-hydrogen) atoms. The van der Waals surface area contributed by atoms with E-state index in [-0.39, 0.29) is 5.60 Å². The summed E-state index contributed by atoms with van der Waals surface area (Å²) in [6, 6.07) is 3.81. The molecular weight excluding hydrogens is 204 g/mol. The third-order valence-corrected chi connectivity index (χ3v) is 2.80. The van der Waals surface area contributed by atoms with E-state index in [1.165, 1.54) is 0 Å². The second-order valence-corrected chi connectivity index (χ2v) is 3.97. The highest BCUT2D eigenvalue weighted by Crippen LogP contribution is 2.20. The van der Waals surface area contributed by atoms with E-state index in [1.54, 1.807) is 13.3 Å². The Kier molecular flexibility index (Phi) is 4.71. The van der Waals surface area contributed by atoms with Crippen LogP contribution in [0, 0.1) is 0 Å². The van der Waals surface area contributed by atoms with E-state index in [2.05, 4.69) is 11.9 Å². The number of aromatic nitrogens is 1. The maximum absolute atomic E-state index is 5.81. The van der Waals surface area contributed by atoms with Crippen LogP contribution in [0.3, 0.4) is 0 Å². The Morgan fingerprint density at radius 1 is 1.50 bits per heavy atom. The summed E-state index contributed by atoms with van der Waals surface area (Å²) in [5, 5.41) is 0. The molecule has 2 N–H and O–H groups in total. The van der Waals surface area contributed by atoms with Gasteiger partial charge in [-0.25, -0.2) is 4.98 Å². The van der Waals surface area contributed by atoms with Crippen molar-refractivity contribution in [1.82, 2.24) is 4.98 Å². The zero-order valence-electron chi connectivity index (χ0n) is 10.2. The molecular formula is C12H20N2O2. The molecule has 1 unspecified atom stereocenters. The molecule has 0 radical (unpaired) electrons. The second kappa shape index (κ2) is 5.82. The van der Waals surface area contributed by atoms with Crippen molar-refractivity contribution < 1.29 is 9.47 Å². The van der Waals surface area contributed by atoms with Crippen LogP contribution in [0.2, 0.25) is 0 Å². The van der Waals surface area contributed by atoms with Gasteiger partial charge in [0.15, 0.2) is 0 Å². The van der Waals surface area contributed by atoms with Gasteiger partial charge in [-0.2, -0.15) is 0 Å². The minimum atomic E-state index is -0.277. The summed E-state index contributed by atoms with van der Waals surface area (Å²) in [4.78, 5) is 4.12. The van der Waals surface area contributed by atoms with Gasteiger partial charge in [0.2, 0.25) is 5.88 Å². The number of methoxy groups -OCH3 is 1. The van der Waals surface area contributed by atoms with Crippen LogP contribution in [0.5, 0.6) is 5.88 Å². The lowest BCUT2D eigenvalue weighted by atomic mass is 10.0. The van der Waals surface area contributed by atoms with Crippen LogP contribution < -0.4 is 10.5 Å². The van der Waals surface area contributed by atoms with Gasteiger partial charge in [-0.3, -0.25) is 0 Å². The Hall–Kier alpha value is -1.13. The summed E-state index contributed by atoms with van der Waals surface area (Å²) in [7, 11) is 1.60. The third-order valence-electron chi connectivity index (χ3n) is 2.80. The van der Waals surface area contributed by atoms with Crippen LogP contribution in [-0.4, -0.2) is 24.2 Å². The lowest BCUT2D eigenvalue weighted by Crippen LogP contribution is -2.36. The molecule has 0 saturated heterocycles. The molecule has 0 aromatic carbocycles. The molecule has 0 saturated carbocycles. The summed E-state index contributed by atoms with van der Waals surface area (Å²) >= 11 is 0. The van der Waals surface area contributed by atoms with Crippen molar-refractivity contribution in [2.45, 2.75) is 32.5 Å². The number of nitrogens with two attached hydrogens (primary N) is 1. The van der Waals surface area contributed by atoms with Crippen LogP contribution in [-0.2, 0) is 11.3 Å². The van der Waals surface area contributed by atoms with Crippen LogP contribution in [0.4, 0.5) is 0 Å². The predicted octanol–water partition coefficient (Wildman–Crippen LogP) is 1.73. The Labute approximate surface area is 96.8 Å². The Bertz CT molecular complexity index is 325. The fourth-order valence-electron chi connectivity index (χ4n) is 1.28. The van der Waals surface area contributed by atoms with Crippen molar-refractivity contribution >= 4 is 0 Å². The first kappa shape index (κ1) is 12.9. The molecule has 90 valence electrons. The van der Waals surface area contributed by atoms with Crippen molar-refractivity contribution in [3.8, 4) is 5.88 Å². The van der Waals surface area contributed by atoms with Crippen molar-refractivity contribution in [1.29, 1.82) is 0 Å². The predicted molar refractivity (Wildman–Crippen MR) is 63.3 cm³/mol. The fraction of sp³-hybridized carbons (Fsp3) is 0.583. The zero-order chi connectivity index (χ0) is 12.0. The Balaban J connectivity index is 2.67. The minimum Gasteiger partial charge on any atom is -0.481 e. The van der Waals surface area contributed by atoms with Crippen molar-refractivity contribution in [2.24, 2.45) is 5.73 Å². The molecule has 1 aromatic rings. The zero-order valence-corrected chi connectivity index (χ0v) is 10.2. The maximum atomic E-state index is 5.81. The number of pyridine rings is 1. The van der Waals surface area contributed by atoms with Crippen LogP contribution in [0.25, 0.3) is 0 Å². The van der Waals surface area contributed by atoms with E-state index in [1.807, 2.05) is 19.1 Å². The van der Waals surface area contributed by atoms with Gasteiger partial charge in [-0.05, 0) is 25.5 Å². The molecule has 0 aliphatic carbocycles. The van der Waals surface area contributed by atoms with E-state index in [0.717, 1.165) is 12.0 Å². The average molecular weight is 224 g/mol. The van der Waals surface area contributed by atoms with E-state index >= 15 is 0 Å². The van der Waals surface area contributed by atoms with Crippen LogP contribution in [0.1, 0.15) is 25.8 Å². The summed E-state index contributed by atoms with van der Waals surface area (Å²) in [6.07, 6.45) is 2.58. The second-order valence-electron chi connectivity index (χ2n) is 3.97. The van der Waals surface area contributed by atoms with Gasteiger partial charge in [0, 0.05) is 18.3 Å². The number of hydrogen-bond acceptors (Lipinski definition) is 4. The largest absolute Gasteiger partial charge is 0.481 e. The number of ether oxygens (including phenoxy) is 2. The molecule has 0 bridgehead atoms. The van der Waals surface area contributed by atoms with E-state index in [9.17, 15) is 0 Å². The summed E-state index contributed by atoms with van der Waals surface area (Å²) in [5.41, 5.74) is 6.35. The van der Waals surface area contributed by atoms with Crippen LogP contribution >= 0.6 is 0 Å². The van der Waals surface area contributed by atoms with Gasteiger partial charge in [0.1, 0.15) is 0 Å². The quantitative estimate of drug-likeness (QED) is 0.799. The van der Waals surface area contributed by atoms with E-state index in [4.69, 9.17) is 15.2 Å². The molecule has 1 aromatic heterocycles. The normalized spacial score (nSPS) is 14.5. The Morgan fingerprint density at radius 3 is 2.81 bits per heavy atom. The van der Waals surface area contributed by atoms with Crippen molar-refractivity contribution in [3.63, 3.8) is 0 Å². The first-order chi connectivity index (χ1) is 7.65. The highest BCUT2D eigenvalue weighted by atomic mass is 16.5. The monoisotopic (exact) mass is 224 g/mol. The lowest BCUT2D eigenvalue weighted by Gasteiger charge is -2.27. The summed E-state index contributed by atoms with van der Waals surface area (Å²) in [5.74, 6) is 0.609. The summed E-state index contributed by atoms with van der Waals surface area (Å²) < 4.78 is 11.0. The van der Waals surface area contributed by atoms with Crippen LogP contribution in [0.15, 0.2) is 18.3 Å². The fourth-order valence-corrected chi connectivity index (χ4v) is 1.28. The van der Waals surface area contributed by atoms with Gasteiger partial charge in [0.05, 0.1) is 19.3 Å². The topological polar surface area (TPSA) is 57.4 Å². The molecule has 0 aliphatic heterocycles. The SMILES string of the molecule is CCC(C)(CN)OCc1cccnc1OC. The molecule has 4 nitrogen and oxygen atoms in total. The van der Waals surface area contributed by atoms with Gasteiger partial charge < -0.3 is 15.2 Å². The first-order valence-electron chi connectivity index (χ1n) is 5.47. The molecule has 0 aliphatic rings. The van der Waals surface area contributed by atoms with Crippen molar-refractivity contribution in [3.05, 3.63) is 23.9 Å². The van der Waals surface area contributed by atoms with Gasteiger partial charge in [-0.1, -0.05) is 6.92 Å². The average Bonchev–Trinajstić information content (AvgIpc) is 2.36. The Morgan fingerprint density at radius 2 is 2.25 bits per heavy atom. The lowest BCUT2D eigenvalue weighted by molar-refractivity contribution is -0.0395. The molecule has 1 atom stereocenters. The first-order valence-corrected chi connectivity index (χ1v) is 5.47. The highest BCUT2D eigenvalue weighted by Gasteiger charge is 2.21. The number of nitrogens with zero attached hydrogens (tertiary/aromatic N) is 1. The van der Waals surface area contributed by atoms with Crippen molar-refractivity contribution in [2.75, 3.05) is 13.7 Å².